The van der Waals surface area contributed by atoms with Crippen molar-refractivity contribution < 1.29 is 9.53 Å². The van der Waals surface area contributed by atoms with Crippen molar-refractivity contribution in [3.8, 4) is 0 Å². The summed E-state index contributed by atoms with van der Waals surface area (Å²) in [5.41, 5.74) is 3.25. The summed E-state index contributed by atoms with van der Waals surface area (Å²) >= 11 is 0. The molecule has 0 radical (unpaired) electrons. The van der Waals surface area contributed by atoms with Crippen LogP contribution in [0.3, 0.4) is 0 Å². The Kier molecular flexibility index (Phi) is 3.75. The van der Waals surface area contributed by atoms with Crippen molar-refractivity contribution in [2.24, 2.45) is 0 Å². The number of ether oxygens (including phenoxy) is 1. The van der Waals surface area contributed by atoms with E-state index in [1.807, 2.05) is 43.5 Å². The van der Waals surface area contributed by atoms with E-state index < -0.39 is 5.60 Å². The Morgan fingerprint density at radius 2 is 2.18 bits per heavy atom. The largest absolute Gasteiger partial charge is 0.444 e. The number of nitrogens with zero attached hydrogens (tertiary/aromatic N) is 3. The van der Waals surface area contributed by atoms with Gasteiger partial charge in [0.1, 0.15) is 5.60 Å². The second kappa shape index (κ2) is 5.45. The monoisotopic (exact) mass is 303 g/mol. The molecule has 1 aliphatic carbocycles. The van der Waals surface area contributed by atoms with Crippen LogP contribution in [0.5, 0.6) is 0 Å². The summed E-state index contributed by atoms with van der Waals surface area (Å²) in [6, 6.07) is 0.0904. The quantitative estimate of drug-likeness (QED) is 0.796. The van der Waals surface area contributed by atoms with Crippen molar-refractivity contribution in [1.82, 2.24) is 14.7 Å². The number of hydrogen-bond acceptors (Lipinski definition) is 3. The number of rotatable bonds is 1. The van der Waals surface area contributed by atoms with E-state index in [1.54, 1.807) is 0 Å². The Morgan fingerprint density at radius 1 is 1.41 bits per heavy atom. The zero-order valence-electron chi connectivity index (χ0n) is 13.9. The van der Waals surface area contributed by atoms with Crippen LogP contribution in [0, 0.1) is 0 Å². The highest BCUT2D eigenvalue weighted by Gasteiger charge is 2.32. The molecule has 5 nitrogen and oxygen atoms in total. The van der Waals surface area contributed by atoms with E-state index in [0.29, 0.717) is 6.54 Å². The van der Waals surface area contributed by atoms with Crippen LogP contribution in [0.4, 0.5) is 4.79 Å². The van der Waals surface area contributed by atoms with Gasteiger partial charge in [0.05, 0.1) is 31.0 Å². The first kappa shape index (κ1) is 15.1. The van der Waals surface area contributed by atoms with Gasteiger partial charge in [-0.3, -0.25) is 9.58 Å². The van der Waals surface area contributed by atoms with Gasteiger partial charge in [-0.25, -0.2) is 4.79 Å². The van der Waals surface area contributed by atoms with Gasteiger partial charge < -0.3 is 4.74 Å². The molecule has 0 saturated heterocycles. The SMILES string of the molecule is CC1Cn2ncc(C3=CCCC3)c2CN1C(=O)OC(C)(C)C. The first-order chi connectivity index (χ1) is 10.3. The molecule has 3 rings (SSSR count). The number of allylic oxidation sites excluding steroid dienone is 2. The number of fused-ring (bicyclic) bond motifs is 1. The van der Waals surface area contributed by atoms with Gasteiger partial charge in [-0.15, -0.1) is 0 Å². The normalized spacial score (nSPS) is 21.5. The zero-order valence-corrected chi connectivity index (χ0v) is 13.9. The topological polar surface area (TPSA) is 47.4 Å². The maximum atomic E-state index is 12.4. The Hall–Kier alpha value is -1.78. The summed E-state index contributed by atoms with van der Waals surface area (Å²) in [5.74, 6) is 0. The molecule has 1 aromatic rings. The van der Waals surface area contributed by atoms with Crippen molar-refractivity contribution in [2.45, 2.75) is 71.7 Å². The molecule has 1 atom stereocenters. The van der Waals surface area contributed by atoms with Gasteiger partial charge in [0.25, 0.3) is 0 Å². The van der Waals surface area contributed by atoms with Crippen LogP contribution in [0.25, 0.3) is 5.57 Å². The first-order valence-corrected chi connectivity index (χ1v) is 8.09. The lowest BCUT2D eigenvalue weighted by molar-refractivity contribution is 0.00904. The lowest BCUT2D eigenvalue weighted by Gasteiger charge is -2.35. The third kappa shape index (κ3) is 2.89. The van der Waals surface area contributed by atoms with Crippen molar-refractivity contribution in [3.05, 3.63) is 23.5 Å². The molecule has 0 saturated carbocycles. The van der Waals surface area contributed by atoms with Gasteiger partial charge in [0, 0.05) is 5.56 Å². The molecule has 0 aromatic carbocycles. The van der Waals surface area contributed by atoms with Gasteiger partial charge in [-0.1, -0.05) is 6.08 Å². The minimum atomic E-state index is -0.467. The summed E-state index contributed by atoms with van der Waals surface area (Å²) in [6.07, 6.45) is 7.49. The van der Waals surface area contributed by atoms with E-state index in [4.69, 9.17) is 4.74 Å². The molecule has 22 heavy (non-hydrogen) atoms. The second-order valence-electron chi connectivity index (χ2n) is 7.27. The van der Waals surface area contributed by atoms with Crippen molar-refractivity contribution in [1.29, 1.82) is 0 Å². The van der Waals surface area contributed by atoms with Crippen LogP contribution in [-0.4, -0.2) is 32.4 Å². The van der Waals surface area contributed by atoms with Crippen LogP contribution in [0.2, 0.25) is 0 Å². The van der Waals surface area contributed by atoms with Gasteiger partial charge in [-0.2, -0.15) is 5.10 Å². The van der Waals surface area contributed by atoms with Crippen LogP contribution in [0.15, 0.2) is 12.3 Å². The summed E-state index contributed by atoms with van der Waals surface area (Å²) in [7, 11) is 0. The molecule has 1 unspecified atom stereocenters. The van der Waals surface area contributed by atoms with E-state index >= 15 is 0 Å². The fourth-order valence-corrected chi connectivity index (χ4v) is 3.15. The molecular formula is C17H25N3O2. The molecule has 2 heterocycles. The maximum absolute atomic E-state index is 12.4. The highest BCUT2D eigenvalue weighted by atomic mass is 16.6. The average Bonchev–Trinajstić information content (AvgIpc) is 3.02. The number of carbonyl (C=O) groups excluding carboxylic acids is 1. The van der Waals surface area contributed by atoms with Crippen LogP contribution >= 0.6 is 0 Å². The fourth-order valence-electron chi connectivity index (χ4n) is 3.15. The van der Waals surface area contributed by atoms with E-state index in [0.717, 1.165) is 25.1 Å². The molecule has 0 bridgehead atoms. The Labute approximate surface area is 131 Å². The van der Waals surface area contributed by atoms with Crippen LogP contribution < -0.4 is 0 Å². The third-order valence-corrected chi connectivity index (χ3v) is 4.25. The Bertz CT molecular complexity index is 610. The summed E-state index contributed by atoms with van der Waals surface area (Å²) in [4.78, 5) is 14.3. The summed E-state index contributed by atoms with van der Waals surface area (Å²) in [5, 5.41) is 4.52. The predicted octanol–water partition coefficient (Wildman–Crippen LogP) is 3.59. The van der Waals surface area contributed by atoms with Crippen LogP contribution in [0.1, 0.15) is 58.2 Å². The lowest BCUT2D eigenvalue weighted by atomic mass is 10.0. The molecular weight excluding hydrogens is 278 g/mol. The maximum Gasteiger partial charge on any atom is 0.410 e. The molecule has 0 N–H and O–H groups in total. The van der Waals surface area contributed by atoms with Crippen molar-refractivity contribution in [2.75, 3.05) is 0 Å². The average molecular weight is 303 g/mol. The van der Waals surface area contributed by atoms with E-state index in [2.05, 4.69) is 11.2 Å². The van der Waals surface area contributed by atoms with E-state index in [9.17, 15) is 4.79 Å². The molecule has 5 heteroatoms. The standard InChI is InChI=1S/C17H25N3O2/c1-12-10-20-15(11-19(12)16(21)22-17(2,3)4)14(9-18-20)13-7-5-6-8-13/h7,9,12H,5-6,8,10-11H2,1-4H3. The minimum Gasteiger partial charge on any atom is -0.444 e. The van der Waals surface area contributed by atoms with Crippen molar-refractivity contribution in [3.63, 3.8) is 0 Å². The molecule has 120 valence electrons. The van der Waals surface area contributed by atoms with Crippen molar-refractivity contribution >= 4 is 11.7 Å². The Morgan fingerprint density at radius 3 is 2.82 bits per heavy atom. The van der Waals surface area contributed by atoms with Gasteiger partial charge in [-0.05, 0) is 52.5 Å². The third-order valence-electron chi connectivity index (χ3n) is 4.25. The molecule has 1 aliphatic heterocycles. The van der Waals surface area contributed by atoms with E-state index in [-0.39, 0.29) is 12.1 Å². The summed E-state index contributed by atoms with van der Waals surface area (Å²) in [6.45, 7) is 9.04. The van der Waals surface area contributed by atoms with Gasteiger partial charge in [0.15, 0.2) is 0 Å². The van der Waals surface area contributed by atoms with Gasteiger partial charge >= 0.3 is 6.09 Å². The lowest BCUT2D eigenvalue weighted by Crippen LogP contribution is -2.47. The molecule has 1 aromatic heterocycles. The highest BCUT2D eigenvalue weighted by molar-refractivity contribution is 5.71. The second-order valence-corrected chi connectivity index (χ2v) is 7.27. The molecule has 1 amide bonds. The number of hydrogen-bond donors (Lipinski definition) is 0. The summed E-state index contributed by atoms with van der Waals surface area (Å²) < 4.78 is 7.59. The van der Waals surface area contributed by atoms with Gasteiger partial charge in [0.2, 0.25) is 0 Å². The predicted molar refractivity (Wildman–Crippen MR) is 85.3 cm³/mol. The molecule has 2 aliphatic rings. The minimum absolute atomic E-state index is 0.0904. The molecule has 0 fully saturated rings. The first-order valence-electron chi connectivity index (χ1n) is 8.09. The number of amides is 1. The van der Waals surface area contributed by atoms with Crippen LogP contribution in [-0.2, 0) is 17.8 Å². The highest BCUT2D eigenvalue weighted by Crippen LogP contribution is 2.32. The Balaban J connectivity index is 1.84. The smallest absolute Gasteiger partial charge is 0.410 e. The van der Waals surface area contributed by atoms with E-state index in [1.165, 1.54) is 17.6 Å². The number of aromatic nitrogens is 2. The zero-order chi connectivity index (χ0) is 15.9. The molecule has 0 spiro atoms. The number of carbonyl (C=O) groups is 1. The fraction of sp³-hybridized carbons (Fsp3) is 0.647.